The maximum atomic E-state index is 13.4. The first-order valence-electron chi connectivity index (χ1n) is 12.7. The molecule has 8 nitrogen and oxygen atoms in total. The van der Waals surface area contributed by atoms with E-state index < -0.39 is 0 Å². The van der Waals surface area contributed by atoms with E-state index in [4.69, 9.17) is 21.1 Å². The van der Waals surface area contributed by atoms with Crippen molar-refractivity contribution in [3.8, 4) is 11.5 Å². The summed E-state index contributed by atoms with van der Waals surface area (Å²) in [5, 5.41) is 3.42. The van der Waals surface area contributed by atoms with Gasteiger partial charge in [-0.25, -0.2) is 9.18 Å². The number of benzene rings is 3. The minimum Gasteiger partial charge on any atom is -0.497 e. The van der Waals surface area contributed by atoms with Crippen LogP contribution in [0.3, 0.4) is 0 Å². The first kappa shape index (κ1) is 28.2. The van der Waals surface area contributed by atoms with Crippen molar-refractivity contribution in [3.05, 3.63) is 88.7 Å². The van der Waals surface area contributed by atoms with Crippen molar-refractivity contribution in [2.24, 2.45) is 0 Å². The Morgan fingerprint density at radius 2 is 1.72 bits per heavy atom. The van der Waals surface area contributed by atoms with Crippen molar-refractivity contribution in [1.29, 1.82) is 0 Å². The lowest BCUT2D eigenvalue weighted by Gasteiger charge is -2.36. The molecule has 0 aliphatic carbocycles. The third-order valence-corrected chi connectivity index (χ3v) is 6.87. The Labute approximate surface area is 232 Å². The molecule has 3 amide bonds. The second kappa shape index (κ2) is 13.3. The van der Waals surface area contributed by atoms with Gasteiger partial charge in [0.05, 0.1) is 19.8 Å². The van der Waals surface area contributed by atoms with Gasteiger partial charge >= 0.3 is 6.03 Å². The van der Waals surface area contributed by atoms with E-state index in [-0.39, 0.29) is 17.8 Å². The van der Waals surface area contributed by atoms with E-state index in [0.717, 1.165) is 5.56 Å². The topological polar surface area (TPSA) is 74.4 Å². The number of hydrogen-bond donors (Lipinski definition) is 1. The molecule has 1 fully saturated rings. The zero-order chi connectivity index (χ0) is 27.8. The average Bonchev–Trinajstić information content (AvgIpc) is 2.95. The third-order valence-electron chi connectivity index (χ3n) is 6.63. The fraction of sp³-hybridized carbons (Fsp3) is 0.310. The fourth-order valence-corrected chi connectivity index (χ4v) is 4.60. The van der Waals surface area contributed by atoms with Crippen LogP contribution in [0.5, 0.6) is 11.5 Å². The number of carbonyl (C=O) groups is 2. The Kier molecular flexibility index (Phi) is 9.62. The number of amides is 3. The van der Waals surface area contributed by atoms with Gasteiger partial charge in [0.1, 0.15) is 17.3 Å². The Hall–Kier alpha value is -3.82. The molecule has 1 N–H and O–H groups in total. The van der Waals surface area contributed by atoms with Crippen molar-refractivity contribution in [3.63, 3.8) is 0 Å². The van der Waals surface area contributed by atoms with E-state index in [0.29, 0.717) is 73.6 Å². The summed E-state index contributed by atoms with van der Waals surface area (Å²) in [6.07, 6.45) is 0. The predicted octanol–water partition coefficient (Wildman–Crippen LogP) is 4.99. The molecule has 39 heavy (non-hydrogen) atoms. The van der Waals surface area contributed by atoms with E-state index in [9.17, 15) is 14.0 Å². The minimum absolute atomic E-state index is 0.0898. The van der Waals surface area contributed by atoms with Gasteiger partial charge < -0.3 is 24.6 Å². The molecule has 3 aromatic rings. The highest BCUT2D eigenvalue weighted by Gasteiger charge is 2.25. The van der Waals surface area contributed by atoms with Gasteiger partial charge in [0, 0.05) is 62.6 Å². The summed E-state index contributed by atoms with van der Waals surface area (Å²) in [4.78, 5) is 32.1. The smallest absolute Gasteiger partial charge is 0.322 e. The van der Waals surface area contributed by atoms with Gasteiger partial charge in [0.2, 0.25) is 0 Å². The maximum absolute atomic E-state index is 13.4. The van der Waals surface area contributed by atoms with Crippen LogP contribution in [0.4, 0.5) is 14.9 Å². The number of piperazine rings is 1. The molecule has 0 unspecified atom stereocenters. The standard InChI is InChI=1S/C29H32ClFN4O4/c1-38-25-10-11-26(27(19-25)39-2)28(36)34-15-12-33(13-16-34)14-17-35(20-21-6-8-23(31)9-7-21)29(37)32-24-5-3-4-22(30)18-24/h3-11,18-19H,12-17,20H2,1-2H3,(H,32,37). The number of nitrogens with one attached hydrogen (secondary N) is 1. The highest BCUT2D eigenvalue weighted by Crippen LogP contribution is 2.26. The first-order chi connectivity index (χ1) is 18.9. The Morgan fingerprint density at radius 3 is 2.38 bits per heavy atom. The van der Waals surface area contributed by atoms with Crippen molar-refractivity contribution in [2.75, 3.05) is 58.8 Å². The summed E-state index contributed by atoms with van der Waals surface area (Å²) in [6, 6.07) is 18.0. The minimum atomic E-state index is -0.326. The molecule has 1 aliphatic heterocycles. The van der Waals surface area contributed by atoms with Gasteiger partial charge in [-0.15, -0.1) is 0 Å². The third kappa shape index (κ3) is 7.61. The van der Waals surface area contributed by atoms with E-state index in [1.54, 1.807) is 66.6 Å². The van der Waals surface area contributed by atoms with E-state index in [1.807, 2.05) is 4.90 Å². The van der Waals surface area contributed by atoms with Gasteiger partial charge in [-0.1, -0.05) is 29.8 Å². The summed E-state index contributed by atoms with van der Waals surface area (Å²) in [5.74, 6) is 0.683. The summed E-state index contributed by atoms with van der Waals surface area (Å²) in [5.41, 5.74) is 1.91. The SMILES string of the molecule is COc1ccc(C(=O)N2CCN(CCN(Cc3ccc(F)cc3)C(=O)Nc3cccc(Cl)c3)CC2)c(OC)c1. The monoisotopic (exact) mass is 554 g/mol. The van der Waals surface area contributed by atoms with Gasteiger partial charge in [-0.2, -0.15) is 0 Å². The molecule has 3 aromatic carbocycles. The van der Waals surface area contributed by atoms with Crippen LogP contribution in [0.25, 0.3) is 0 Å². The summed E-state index contributed by atoms with van der Waals surface area (Å²) in [6.45, 7) is 3.85. The average molecular weight is 555 g/mol. The zero-order valence-corrected chi connectivity index (χ0v) is 22.8. The molecule has 0 saturated carbocycles. The lowest BCUT2D eigenvalue weighted by atomic mass is 10.1. The largest absolute Gasteiger partial charge is 0.497 e. The lowest BCUT2D eigenvalue weighted by Crippen LogP contribution is -2.50. The van der Waals surface area contributed by atoms with E-state index in [1.165, 1.54) is 19.2 Å². The van der Waals surface area contributed by atoms with Gasteiger partial charge in [-0.3, -0.25) is 9.69 Å². The van der Waals surface area contributed by atoms with Crippen LogP contribution in [0.1, 0.15) is 15.9 Å². The molecule has 1 aliphatic rings. The normalized spacial score (nSPS) is 13.6. The van der Waals surface area contributed by atoms with Crippen LogP contribution < -0.4 is 14.8 Å². The summed E-state index contributed by atoms with van der Waals surface area (Å²) in [7, 11) is 3.10. The van der Waals surface area contributed by atoms with E-state index >= 15 is 0 Å². The molecule has 0 spiro atoms. The van der Waals surface area contributed by atoms with Crippen molar-refractivity contribution in [1.82, 2.24) is 14.7 Å². The number of hydrogen-bond acceptors (Lipinski definition) is 5. The number of nitrogens with zero attached hydrogens (tertiary/aromatic N) is 3. The Balaban J connectivity index is 1.36. The number of urea groups is 1. The van der Waals surface area contributed by atoms with Crippen LogP contribution in [-0.2, 0) is 6.54 Å². The molecule has 0 atom stereocenters. The molecular formula is C29H32ClFN4O4. The molecule has 1 saturated heterocycles. The number of ether oxygens (including phenoxy) is 2. The number of methoxy groups -OCH3 is 2. The van der Waals surface area contributed by atoms with E-state index in [2.05, 4.69) is 10.2 Å². The fourth-order valence-electron chi connectivity index (χ4n) is 4.41. The van der Waals surface area contributed by atoms with Gasteiger partial charge in [0.25, 0.3) is 5.91 Å². The molecule has 0 bridgehead atoms. The number of anilines is 1. The summed E-state index contributed by atoms with van der Waals surface area (Å²) >= 11 is 6.07. The molecule has 10 heteroatoms. The molecule has 0 aromatic heterocycles. The highest BCUT2D eigenvalue weighted by atomic mass is 35.5. The van der Waals surface area contributed by atoms with Crippen LogP contribution in [0, 0.1) is 5.82 Å². The van der Waals surface area contributed by atoms with Crippen LogP contribution >= 0.6 is 11.6 Å². The molecular weight excluding hydrogens is 523 g/mol. The number of halogens is 2. The molecule has 4 rings (SSSR count). The zero-order valence-electron chi connectivity index (χ0n) is 22.0. The molecule has 1 heterocycles. The number of rotatable bonds is 9. The second-order valence-electron chi connectivity index (χ2n) is 9.19. The quantitative estimate of drug-likeness (QED) is 0.403. The lowest BCUT2D eigenvalue weighted by molar-refractivity contribution is 0.0625. The van der Waals surface area contributed by atoms with Crippen LogP contribution in [-0.4, -0.2) is 80.1 Å². The van der Waals surface area contributed by atoms with Crippen molar-refractivity contribution in [2.45, 2.75) is 6.54 Å². The molecule has 0 radical (unpaired) electrons. The Bertz CT molecular complexity index is 1280. The highest BCUT2D eigenvalue weighted by molar-refractivity contribution is 6.30. The number of carbonyl (C=O) groups excluding carboxylic acids is 2. The Morgan fingerprint density at radius 1 is 0.974 bits per heavy atom. The second-order valence-corrected chi connectivity index (χ2v) is 9.63. The first-order valence-corrected chi connectivity index (χ1v) is 13.0. The maximum Gasteiger partial charge on any atom is 0.322 e. The van der Waals surface area contributed by atoms with Crippen LogP contribution in [0.15, 0.2) is 66.7 Å². The molecule has 206 valence electrons. The van der Waals surface area contributed by atoms with Crippen LogP contribution in [0.2, 0.25) is 5.02 Å². The van der Waals surface area contributed by atoms with Crippen molar-refractivity contribution < 1.29 is 23.5 Å². The summed E-state index contributed by atoms with van der Waals surface area (Å²) < 4.78 is 24.1. The predicted molar refractivity (Wildman–Crippen MR) is 149 cm³/mol. The van der Waals surface area contributed by atoms with Gasteiger partial charge in [-0.05, 0) is 48.0 Å². The van der Waals surface area contributed by atoms with Crippen molar-refractivity contribution >= 4 is 29.2 Å². The van der Waals surface area contributed by atoms with Gasteiger partial charge in [0.15, 0.2) is 0 Å².